The van der Waals surface area contributed by atoms with E-state index in [4.69, 9.17) is 10.5 Å². The average molecular weight is 340 g/mol. The molecule has 1 aliphatic carbocycles. The van der Waals surface area contributed by atoms with Gasteiger partial charge in [0.2, 0.25) is 5.91 Å². The first-order chi connectivity index (χ1) is 10.8. The molecule has 0 aliphatic heterocycles. The summed E-state index contributed by atoms with van der Waals surface area (Å²) in [5.41, 5.74) is 6.32. The lowest BCUT2D eigenvalue weighted by molar-refractivity contribution is -0.117. The van der Waals surface area contributed by atoms with Crippen LogP contribution in [-0.4, -0.2) is 38.5 Å². The van der Waals surface area contributed by atoms with Crippen molar-refractivity contribution in [2.75, 3.05) is 17.3 Å². The number of carbonyl (C=O) groups excluding carboxylic acids is 1. The number of nitrogens with one attached hydrogen (secondary N) is 1. The molecule has 0 aromatic heterocycles. The molecule has 0 saturated heterocycles. The van der Waals surface area contributed by atoms with E-state index < -0.39 is 21.8 Å². The van der Waals surface area contributed by atoms with Gasteiger partial charge in [-0.25, -0.2) is 8.42 Å². The fourth-order valence-corrected chi connectivity index (χ4v) is 3.20. The maximum Gasteiger partial charge on any atom is 0.241 e. The lowest BCUT2D eigenvalue weighted by Gasteiger charge is -2.14. The number of hydrogen-bond donors (Lipinski definition) is 2. The van der Waals surface area contributed by atoms with Crippen LogP contribution < -0.4 is 15.8 Å². The molecular weight excluding hydrogens is 316 g/mol. The van der Waals surface area contributed by atoms with E-state index >= 15 is 0 Å². The number of hydrogen-bond acceptors (Lipinski definition) is 5. The maximum absolute atomic E-state index is 11.9. The highest BCUT2D eigenvalue weighted by Gasteiger charge is 2.17. The van der Waals surface area contributed by atoms with Crippen molar-refractivity contribution in [2.24, 2.45) is 5.73 Å². The minimum absolute atomic E-state index is 0.101. The van der Waals surface area contributed by atoms with Gasteiger partial charge in [-0.15, -0.1) is 0 Å². The molecule has 1 amide bonds. The third-order valence-corrected chi connectivity index (χ3v) is 4.84. The van der Waals surface area contributed by atoms with Gasteiger partial charge in [-0.05, 0) is 56.4 Å². The number of anilines is 1. The largest absolute Gasteiger partial charge is 0.490 e. The van der Waals surface area contributed by atoms with Crippen molar-refractivity contribution in [3.8, 4) is 5.75 Å². The van der Waals surface area contributed by atoms with Gasteiger partial charge >= 0.3 is 0 Å². The van der Waals surface area contributed by atoms with Gasteiger partial charge in [0.25, 0.3) is 0 Å². The van der Waals surface area contributed by atoms with Crippen molar-refractivity contribution < 1.29 is 17.9 Å². The second-order valence-electron chi connectivity index (χ2n) is 6.06. The van der Waals surface area contributed by atoms with Crippen LogP contribution in [0.15, 0.2) is 24.3 Å². The molecule has 0 bridgehead atoms. The van der Waals surface area contributed by atoms with E-state index in [9.17, 15) is 13.2 Å². The molecule has 1 atom stereocenters. The predicted molar refractivity (Wildman–Crippen MR) is 90.3 cm³/mol. The minimum atomic E-state index is -3.12. The molecule has 128 valence electrons. The van der Waals surface area contributed by atoms with Crippen LogP contribution in [0.3, 0.4) is 0 Å². The zero-order valence-corrected chi connectivity index (χ0v) is 14.1. The summed E-state index contributed by atoms with van der Waals surface area (Å²) in [6, 6.07) is 6.29. The van der Waals surface area contributed by atoms with Gasteiger partial charge in [0.15, 0.2) is 0 Å². The van der Waals surface area contributed by atoms with E-state index in [0.717, 1.165) is 24.8 Å². The van der Waals surface area contributed by atoms with Crippen molar-refractivity contribution in [3.63, 3.8) is 0 Å². The first kappa shape index (κ1) is 17.7. The molecule has 0 heterocycles. The molecule has 23 heavy (non-hydrogen) atoms. The van der Waals surface area contributed by atoms with E-state index in [1.807, 2.05) is 12.1 Å². The molecule has 7 heteroatoms. The summed E-state index contributed by atoms with van der Waals surface area (Å²) < 4.78 is 28.0. The third kappa shape index (κ3) is 6.19. The van der Waals surface area contributed by atoms with Crippen LogP contribution in [0.4, 0.5) is 5.69 Å². The summed E-state index contributed by atoms with van der Waals surface area (Å²) >= 11 is 0. The first-order valence-electron chi connectivity index (χ1n) is 7.84. The van der Waals surface area contributed by atoms with E-state index in [2.05, 4.69) is 5.32 Å². The van der Waals surface area contributed by atoms with Crippen LogP contribution in [0, 0.1) is 0 Å². The van der Waals surface area contributed by atoms with Crippen molar-refractivity contribution in [2.45, 2.75) is 44.2 Å². The monoisotopic (exact) mass is 340 g/mol. The lowest BCUT2D eigenvalue weighted by Crippen LogP contribution is -2.37. The smallest absolute Gasteiger partial charge is 0.241 e. The van der Waals surface area contributed by atoms with Gasteiger partial charge in [0.1, 0.15) is 15.6 Å². The van der Waals surface area contributed by atoms with Gasteiger partial charge in [-0.2, -0.15) is 0 Å². The van der Waals surface area contributed by atoms with Crippen LogP contribution in [0.25, 0.3) is 0 Å². The highest BCUT2D eigenvalue weighted by atomic mass is 32.2. The molecule has 1 aliphatic rings. The third-order valence-electron chi connectivity index (χ3n) is 3.86. The van der Waals surface area contributed by atoms with Gasteiger partial charge in [0.05, 0.1) is 17.9 Å². The molecular formula is C16H24N2O4S. The highest BCUT2D eigenvalue weighted by Crippen LogP contribution is 2.25. The summed E-state index contributed by atoms with van der Waals surface area (Å²) in [5.74, 6) is 0.296. The van der Waals surface area contributed by atoms with Gasteiger partial charge in [-0.3, -0.25) is 4.79 Å². The summed E-state index contributed by atoms with van der Waals surface area (Å²) in [7, 11) is -3.12. The lowest BCUT2D eigenvalue weighted by atomic mass is 10.2. The van der Waals surface area contributed by atoms with Crippen LogP contribution in [0.1, 0.15) is 32.1 Å². The van der Waals surface area contributed by atoms with Crippen molar-refractivity contribution >= 4 is 21.4 Å². The molecule has 1 saturated carbocycles. The molecule has 1 fully saturated rings. The Labute approximate surface area is 137 Å². The van der Waals surface area contributed by atoms with Crippen molar-refractivity contribution in [1.82, 2.24) is 0 Å². The molecule has 6 nitrogen and oxygen atoms in total. The normalized spacial score (nSPS) is 17.0. The van der Waals surface area contributed by atoms with Gasteiger partial charge in [-0.1, -0.05) is 0 Å². The summed E-state index contributed by atoms with van der Waals surface area (Å²) in [4.78, 5) is 11.9. The number of ether oxygens (including phenoxy) is 1. The molecule has 1 unspecified atom stereocenters. The Balaban J connectivity index is 1.83. The Bertz CT molecular complexity index is 622. The summed E-state index contributed by atoms with van der Waals surface area (Å²) in [6.45, 7) is 0. The zero-order valence-electron chi connectivity index (χ0n) is 13.3. The zero-order chi connectivity index (χ0) is 16.9. The quantitative estimate of drug-likeness (QED) is 0.787. The first-order valence-corrected chi connectivity index (χ1v) is 9.90. The Morgan fingerprint density at radius 3 is 2.48 bits per heavy atom. The van der Waals surface area contributed by atoms with Crippen LogP contribution in [0.2, 0.25) is 0 Å². The molecule has 1 aromatic rings. The maximum atomic E-state index is 11.9. The minimum Gasteiger partial charge on any atom is -0.490 e. The van der Waals surface area contributed by atoms with Crippen LogP contribution in [-0.2, 0) is 14.6 Å². The number of benzene rings is 1. The fraction of sp³-hybridized carbons (Fsp3) is 0.562. The number of carbonyl (C=O) groups is 1. The second kappa shape index (κ2) is 7.79. The molecule has 3 N–H and O–H groups in total. The molecule has 2 rings (SSSR count). The summed E-state index contributed by atoms with van der Waals surface area (Å²) in [5, 5.41) is 2.68. The number of amides is 1. The van der Waals surface area contributed by atoms with Crippen molar-refractivity contribution in [3.05, 3.63) is 24.3 Å². The topological polar surface area (TPSA) is 98.5 Å². The van der Waals surface area contributed by atoms with E-state index in [-0.39, 0.29) is 12.2 Å². The highest BCUT2D eigenvalue weighted by molar-refractivity contribution is 7.90. The number of nitrogens with two attached hydrogens (primary N) is 1. The molecule has 0 radical (unpaired) electrons. The van der Waals surface area contributed by atoms with Gasteiger partial charge < -0.3 is 15.8 Å². The van der Waals surface area contributed by atoms with E-state index in [1.165, 1.54) is 12.8 Å². The van der Waals surface area contributed by atoms with Crippen molar-refractivity contribution in [1.29, 1.82) is 0 Å². The predicted octanol–water partition coefficient (Wildman–Crippen LogP) is 1.71. The summed E-state index contributed by atoms with van der Waals surface area (Å²) in [6.07, 6.45) is 6.13. The Hall–Kier alpha value is -1.60. The average Bonchev–Trinajstić information content (AvgIpc) is 2.99. The standard InChI is InChI=1S/C16H24N2O4S/c1-23(20,21)11-10-15(17)16(19)18-12-6-8-14(9-7-12)22-13-4-2-3-5-13/h6-9,13,15H,2-5,10-11,17H2,1H3,(H,18,19). The molecule has 1 aromatic carbocycles. The fourth-order valence-electron chi connectivity index (χ4n) is 2.52. The second-order valence-corrected chi connectivity index (χ2v) is 8.32. The van der Waals surface area contributed by atoms with Crippen LogP contribution in [0.5, 0.6) is 5.75 Å². The van der Waals surface area contributed by atoms with Gasteiger partial charge in [0, 0.05) is 11.9 Å². The Morgan fingerprint density at radius 1 is 1.30 bits per heavy atom. The SMILES string of the molecule is CS(=O)(=O)CCC(N)C(=O)Nc1ccc(OC2CCCC2)cc1. The molecule has 0 spiro atoms. The Kier molecular flexibility index (Phi) is 6.01. The van der Waals surface area contributed by atoms with E-state index in [0.29, 0.717) is 11.8 Å². The number of rotatable bonds is 7. The van der Waals surface area contributed by atoms with E-state index in [1.54, 1.807) is 12.1 Å². The Morgan fingerprint density at radius 2 is 1.91 bits per heavy atom. The van der Waals surface area contributed by atoms with Crippen LogP contribution >= 0.6 is 0 Å². The number of sulfone groups is 1.